The lowest BCUT2D eigenvalue weighted by atomic mass is 10.3. The first kappa shape index (κ1) is 11.7. The molecule has 0 fully saturated rings. The summed E-state index contributed by atoms with van der Waals surface area (Å²) in [4.78, 5) is 10.8. The Hall–Kier alpha value is -1.27. The van der Waals surface area contributed by atoms with E-state index in [-0.39, 0.29) is 6.10 Å². The molecule has 13 heavy (non-hydrogen) atoms. The molecule has 0 heterocycles. The van der Waals surface area contributed by atoms with Gasteiger partial charge in [0.2, 0.25) is 0 Å². The summed E-state index contributed by atoms with van der Waals surface area (Å²) in [5.74, 6) is 4.15. The van der Waals surface area contributed by atoms with Gasteiger partial charge < -0.3 is 9.84 Å². The maximum absolute atomic E-state index is 10.8. The summed E-state index contributed by atoms with van der Waals surface area (Å²) < 4.78 is 4.83. The fourth-order valence-corrected chi connectivity index (χ4v) is 0.657. The molecule has 0 bridgehead atoms. The standard InChI is InChI=1S/C10H14O3/c1-4-5-10(12)13-9(3)7-6-8(2)11/h6-9,11H,1-3H3/t8-,9+/m1/s1. The number of aliphatic hydroxyl groups is 1. The second-order valence-corrected chi connectivity index (χ2v) is 2.61. The number of carbonyl (C=O) groups is 1. The van der Waals surface area contributed by atoms with Gasteiger partial charge in [0.1, 0.15) is 6.10 Å². The predicted molar refractivity (Wildman–Crippen MR) is 49.8 cm³/mol. The van der Waals surface area contributed by atoms with Gasteiger partial charge in [-0.15, -0.1) is 0 Å². The topological polar surface area (TPSA) is 46.5 Å². The SMILES string of the molecule is CC#CC(=O)O[C@@H](C)C=C[C@@H](C)O. The molecule has 0 aliphatic rings. The van der Waals surface area contributed by atoms with E-state index in [0.29, 0.717) is 0 Å². The first-order valence-electron chi connectivity index (χ1n) is 4.06. The summed E-state index contributed by atoms with van der Waals surface area (Å²) >= 11 is 0. The highest BCUT2D eigenvalue weighted by atomic mass is 16.5. The van der Waals surface area contributed by atoms with Crippen molar-refractivity contribution in [3.05, 3.63) is 12.2 Å². The second-order valence-electron chi connectivity index (χ2n) is 2.61. The highest BCUT2D eigenvalue weighted by Crippen LogP contribution is 1.95. The zero-order valence-corrected chi connectivity index (χ0v) is 8.07. The van der Waals surface area contributed by atoms with Crippen molar-refractivity contribution in [2.75, 3.05) is 0 Å². The number of carbonyl (C=O) groups excluding carboxylic acids is 1. The van der Waals surface area contributed by atoms with Crippen molar-refractivity contribution >= 4 is 5.97 Å². The Balaban J connectivity index is 3.91. The smallest absolute Gasteiger partial charge is 0.384 e. The summed E-state index contributed by atoms with van der Waals surface area (Å²) in [6.07, 6.45) is 2.28. The zero-order chi connectivity index (χ0) is 10.3. The summed E-state index contributed by atoms with van der Waals surface area (Å²) in [6, 6.07) is 0. The molecule has 72 valence electrons. The number of aliphatic hydroxyl groups excluding tert-OH is 1. The third kappa shape index (κ3) is 7.10. The molecular weight excluding hydrogens is 168 g/mol. The average molecular weight is 182 g/mol. The quantitative estimate of drug-likeness (QED) is 0.305. The normalized spacial score (nSPS) is 14.5. The lowest BCUT2D eigenvalue weighted by molar-refractivity contribution is -0.139. The van der Waals surface area contributed by atoms with E-state index < -0.39 is 12.1 Å². The molecule has 1 N–H and O–H groups in total. The number of esters is 1. The van der Waals surface area contributed by atoms with Gasteiger partial charge in [0.05, 0.1) is 6.10 Å². The van der Waals surface area contributed by atoms with Gasteiger partial charge in [-0.3, -0.25) is 0 Å². The maximum atomic E-state index is 10.8. The largest absolute Gasteiger partial charge is 0.449 e. The van der Waals surface area contributed by atoms with Crippen molar-refractivity contribution in [3.8, 4) is 11.8 Å². The average Bonchev–Trinajstić information content (AvgIpc) is 2.01. The number of hydrogen-bond donors (Lipinski definition) is 1. The van der Waals surface area contributed by atoms with Crippen LogP contribution in [-0.2, 0) is 9.53 Å². The van der Waals surface area contributed by atoms with E-state index >= 15 is 0 Å². The summed E-state index contributed by atoms with van der Waals surface area (Å²) in [5, 5.41) is 8.88. The lowest BCUT2D eigenvalue weighted by Crippen LogP contribution is -2.11. The van der Waals surface area contributed by atoms with Gasteiger partial charge in [-0.25, -0.2) is 4.79 Å². The van der Waals surface area contributed by atoms with Crippen molar-refractivity contribution < 1.29 is 14.6 Å². The minimum absolute atomic E-state index is 0.358. The number of ether oxygens (including phenoxy) is 1. The minimum atomic E-state index is -0.551. The van der Waals surface area contributed by atoms with Crippen LogP contribution in [0.4, 0.5) is 0 Å². The molecule has 3 nitrogen and oxygen atoms in total. The van der Waals surface area contributed by atoms with Gasteiger partial charge in [-0.1, -0.05) is 12.0 Å². The highest BCUT2D eigenvalue weighted by Gasteiger charge is 2.02. The molecule has 0 amide bonds. The molecule has 0 unspecified atom stereocenters. The van der Waals surface area contributed by atoms with Gasteiger partial charge in [0.15, 0.2) is 0 Å². The zero-order valence-electron chi connectivity index (χ0n) is 8.07. The van der Waals surface area contributed by atoms with Crippen molar-refractivity contribution in [2.45, 2.75) is 33.0 Å². The molecule has 2 atom stereocenters. The maximum Gasteiger partial charge on any atom is 0.384 e. The van der Waals surface area contributed by atoms with E-state index in [9.17, 15) is 4.79 Å². The Morgan fingerprint density at radius 2 is 2.08 bits per heavy atom. The Morgan fingerprint density at radius 1 is 1.46 bits per heavy atom. The van der Waals surface area contributed by atoms with Crippen LogP contribution in [0.25, 0.3) is 0 Å². The fourth-order valence-electron chi connectivity index (χ4n) is 0.657. The third-order valence-corrected chi connectivity index (χ3v) is 1.18. The summed E-state index contributed by atoms with van der Waals surface area (Å²) in [6.45, 7) is 4.89. The molecular formula is C10H14O3. The molecule has 0 spiro atoms. The molecule has 0 aliphatic heterocycles. The molecule has 0 saturated heterocycles. The number of hydrogen-bond acceptors (Lipinski definition) is 3. The fraction of sp³-hybridized carbons (Fsp3) is 0.500. The molecule has 0 radical (unpaired) electrons. The molecule has 0 saturated carbocycles. The first-order chi connectivity index (χ1) is 6.06. The van der Waals surface area contributed by atoms with Crippen LogP contribution in [0.3, 0.4) is 0 Å². The van der Waals surface area contributed by atoms with Gasteiger partial charge in [0.25, 0.3) is 0 Å². The van der Waals surface area contributed by atoms with Gasteiger partial charge in [-0.05, 0) is 26.8 Å². The van der Waals surface area contributed by atoms with Crippen molar-refractivity contribution in [3.63, 3.8) is 0 Å². The van der Waals surface area contributed by atoms with E-state index in [1.807, 2.05) is 0 Å². The highest BCUT2D eigenvalue weighted by molar-refractivity contribution is 5.88. The van der Waals surface area contributed by atoms with Crippen molar-refractivity contribution in [1.82, 2.24) is 0 Å². The third-order valence-electron chi connectivity index (χ3n) is 1.18. The summed E-state index contributed by atoms with van der Waals surface area (Å²) in [5.41, 5.74) is 0. The van der Waals surface area contributed by atoms with E-state index in [1.165, 1.54) is 0 Å². The van der Waals surface area contributed by atoms with Crippen LogP contribution in [0.5, 0.6) is 0 Å². The van der Waals surface area contributed by atoms with Crippen molar-refractivity contribution in [2.24, 2.45) is 0 Å². The predicted octanol–water partition coefficient (Wildman–Crippen LogP) is 0.878. The van der Waals surface area contributed by atoms with E-state index in [4.69, 9.17) is 9.84 Å². The van der Waals surface area contributed by atoms with Crippen LogP contribution in [0.15, 0.2) is 12.2 Å². The lowest BCUT2D eigenvalue weighted by Gasteiger charge is -2.05. The Morgan fingerprint density at radius 3 is 2.54 bits per heavy atom. The van der Waals surface area contributed by atoms with Gasteiger partial charge in [0, 0.05) is 5.92 Å². The Labute approximate surface area is 78.4 Å². The molecule has 0 aliphatic carbocycles. The van der Waals surface area contributed by atoms with Crippen LogP contribution in [0.2, 0.25) is 0 Å². The van der Waals surface area contributed by atoms with Crippen LogP contribution in [0, 0.1) is 11.8 Å². The molecule has 0 rings (SSSR count). The Bertz CT molecular complexity index is 243. The van der Waals surface area contributed by atoms with E-state index in [0.717, 1.165) is 0 Å². The first-order valence-corrected chi connectivity index (χ1v) is 4.06. The van der Waals surface area contributed by atoms with Crippen molar-refractivity contribution in [1.29, 1.82) is 0 Å². The van der Waals surface area contributed by atoms with Crippen LogP contribution < -0.4 is 0 Å². The molecule has 0 aromatic rings. The van der Waals surface area contributed by atoms with Crippen LogP contribution >= 0.6 is 0 Å². The molecule has 0 aromatic carbocycles. The second kappa shape index (κ2) is 6.27. The van der Waals surface area contributed by atoms with Gasteiger partial charge >= 0.3 is 5.97 Å². The van der Waals surface area contributed by atoms with Gasteiger partial charge in [-0.2, -0.15) is 0 Å². The molecule has 3 heteroatoms. The van der Waals surface area contributed by atoms with E-state index in [1.54, 1.807) is 32.9 Å². The summed E-state index contributed by atoms with van der Waals surface area (Å²) in [7, 11) is 0. The Kier molecular flexibility index (Phi) is 5.66. The number of rotatable bonds is 3. The van der Waals surface area contributed by atoms with E-state index in [2.05, 4.69) is 11.8 Å². The monoisotopic (exact) mass is 182 g/mol. The van der Waals surface area contributed by atoms with Crippen LogP contribution in [0.1, 0.15) is 20.8 Å². The van der Waals surface area contributed by atoms with Crippen LogP contribution in [-0.4, -0.2) is 23.3 Å². The molecule has 0 aromatic heterocycles. The minimum Gasteiger partial charge on any atom is -0.449 e.